The zero-order valence-corrected chi connectivity index (χ0v) is 11.7. The van der Waals surface area contributed by atoms with Gasteiger partial charge in [0, 0.05) is 11.1 Å². The van der Waals surface area contributed by atoms with Gasteiger partial charge in [-0.1, -0.05) is 32.4 Å². The Hall–Kier alpha value is -1.66. The normalized spacial score (nSPS) is 12.9. The van der Waals surface area contributed by atoms with Gasteiger partial charge in [-0.2, -0.15) is 0 Å². The van der Waals surface area contributed by atoms with Crippen LogP contribution in [0.1, 0.15) is 20.8 Å². The van der Waals surface area contributed by atoms with E-state index in [1.54, 1.807) is 0 Å². The third-order valence-corrected chi connectivity index (χ3v) is 2.86. The maximum atomic E-state index is 11.9. The minimum Gasteiger partial charge on any atom is -0.319 e. The van der Waals surface area contributed by atoms with Crippen LogP contribution in [0.3, 0.4) is 0 Å². The van der Waals surface area contributed by atoms with E-state index >= 15 is 0 Å². The van der Waals surface area contributed by atoms with E-state index in [0.717, 1.165) is 0 Å². The molecule has 1 rings (SSSR count). The minimum absolute atomic E-state index is 0.0825. The van der Waals surface area contributed by atoms with Crippen molar-refractivity contribution < 1.29 is 9.72 Å². The third-order valence-electron chi connectivity index (χ3n) is 2.63. The van der Waals surface area contributed by atoms with Crippen LogP contribution < -0.4 is 11.1 Å². The Kier molecular flexibility index (Phi) is 4.49. The number of nitro groups is 1. The summed E-state index contributed by atoms with van der Waals surface area (Å²) < 4.78 is 0. The number of carbonyl (C=O) groups excluding carboxylic acids is 1. The number of hydrogen-bond donors (Lipinski definition) is 2. The van der Waals surface area contributed by atoms with E-state index in [0.29, 0.717) is 0 Å². The van der Waals surface area contributed by atoms with Crippen molar-refractivity contribution in [3.05, 3.63) is 33.3 Å². The monoisotopic (exact) mass is 285 g/mol. The van der Waals surface area contributed by atoms with Crippen LogP contribution in [-0.2, 0) is 4.79 Å². The van der Waals surface area contributed by atoms with E-state index in [2.05, 4.69) is 5.32 Å². The summed E-state index contributed by atoms with van der Waals surface area (Å²) >= 11 is 5.69. The molecule has 1 amide bonds. The lowest BCUT2D eigenvalue weighted by molar-refractivity contribution is -0.383. The molecule has 7 heteroatoms. The van der Waals surface area contributed by atoms with E-state index in [4.69, 9.17) is 17.3 Å². The Morgan fingerprint density at radius 3 is 2.53 bits per heavy atom. The number of carbonyl (C=O) groups is 1. The van der Waals surface area contributed by atoms with Gasteiger partial charge in [0.1, 0.15) is 5.69 Å². The molecule has 0 aromatic heterocycles. The predicted octanol–water partition coefficient (Wildman–Crippen LogP) is 2.56. The topological polar surface area (TPSA) is 98.3 Å². The summed E-state index contributed by atoms with van der Waals surface area (Å²) in [6.07, 6.45) is 0. The van der Waals surface area contributed by atoms with Crippen LogP contribution in [-0.4, -0.2) is 16.9 Å². The van der Waals surface area contributed by atoms with Crippen LogP contribution in [0, 0.1) is 15.5 Å². The molecule has 0 radical (unpaired) electrons. The molecule has 3 N–H and O–H groups in total. The Morgan fingerprint density at radius 2 is 2.05 bits per heavy atom. The SMILES string of the molecule is CC(C)(C)[C@H](N)C(=O)Nc1ccc(Cl)cc1[N+](=O)[O-]. The van der Waals surface area contributed by atoms with E-state index in [1.165, 1.54) is 18.2 Å². The predicted molar refractivity (Wildman–Crippen MR) is 74.2 cm³/mol. The number of nitrogens with zero attached hydrogens (tertiary/aromatic N) is 1. The molecule has 6 nitrogen and oxygen atoms in total. The van der Waals surface area contributed by atoms with Gasteiger partial charge in [-0.3, -0.25) is 14.9 Å². The number of hydrogen-bond acceptors (Lipinski definition) is 4. The summed E-state index contributed by atoms with van der Waals surface area (Å²) in [5.74, 6) is -0.474. The number of nitro benzene ring substituents is 1. The number of benzene rings is 1. The smallest absolute Gasteiger partial charge is 0.294 e. The Bertz CT molecular complexity index is 511. The molecule has 0 unspecified atom stereocenters. The molecule has 19 heavy (non-hydrogen) atoms. The molecule has 0 aliphatic heterocycles. The molecule has 1 aromatic carbocycles. The zero-order chi connectivity index (χ0) is 14.8. The Labute approximate surface area is 116 Å². The van der Waals surface area contributed by atoms with Crippen LogP contribution in [0.4, 0.5) is 11.4 Å². The van der Waals surface area contributed by atoms with Crippen molar-refractivity contribution in [1.82, 2.24) is 0 Å². The molecule has 0 aliphatic carbocycles. The molecule has 0 heterocycles. The van der Waals surface area contributed by atoms with Gasteiger partial charge in [0.2, 0.25) is 5.91 Å². The quantitative estimate of drug-likeness (QED) is 0.658. The van der Waals surface area contributed by atoms with Gasteiger partial charge in [-0.15, -0.1) is 0 Å². The first-order valence-electron chi connectivity index (χ1n) is 5.63. The molecule has 0 bridgehead atoms. The first-order valence-corrected chi connectivity index (χ1v) is 6.01. The summed E-state index contributed by atoms with van der Waals surface area (Å²) in [6.45, 7) is 5.44. The molecular weight excluding hydrogens is 270 g/mol. The van der Waals surface area contributed by atoms with Gasteiger partial charge in [0.25, 0.3) is 5.69 Å². The van der Waals surface area contributed by atoms with Crippen LogP contribution in [0.2, 0.25) is 5.02 Å². The van der Waals surface area contributed by atoms with Gasteiger partial charge in [0.15, 0.2) is 0 Å². The lowest BCUT2D eigenvalue weighted by Crippen LogP contribution is -2.45. The van der Waals surface area contributed by atoms with E-state index in [-0.39, 0.29) is 16.4 Å². The number of nitrogens with one attached hydrogen (secondary N) is 1. The highest BCUT2D eigenvalue weighted by Gasteiger charge is 2.28. The standard InChI is InChI=1S/C12H16ClN3O3/c1-12(2,3)10(14)11(17)15-8-5-4-7(13)6-9(8)16(18)19/h4-6,10H,14H2,1-3H3,(H,15,17)/t10-/m1/s1. The van der Waals surface area contributed by atoms with Gasteiger partial charge in [0.05, 0.1) is 11.0 Å². The number of nitrogens with two attached hydrogens (primary N) is 1. The highest BCUT2D eigenvalue weighted by Crippen LogP contribution is 2.28. The summed E-state index contributed by atoms with van der Waals surface area (Å²) in [7, 11) is 0. The fraction of sp³-hybridized carbons (Fsp3) is 0.417. The first kappa shape index (κ1) is 15.4. The molecular formula is C12H16ClN3O3. The summed E-state index contributed by atoms with van der Waals surface area (Å²) in [4.78, 5) is 22.2. The van der Waals surface area contributed by atoms with Crippen molar-refractivity contribution >= 4 is 28.9 Å². The average Bonchev–Trinajstić information content (AvgIpc) is 2.28. The lowest BCUT2D eigenvalue weighted by Gasteiger charge is -2.25. The summed E-state index contributed by atoms with van der Waals surface area (Å²) in [6, 6.07) is 3.25. The van der Waals surface area contributed by atoms with Crippen molar-refractivity contribution in [2.24, 2.45) is 11.1 Å². The van der Waals surface area contributed by atoms with E-state index < -0.39 is 22.3 Å². The number of anilines is 1. The largest absolute Gasteiger partial charge is 0.319 e. The minimum atomic E-state index is -0.775. The molecule has 0 fully saturated rings. The zero-order valence-electron chi connectivity index (χ0n) is 10.9. The van der Waals surface area contributed by atoms with Crippen LogP contribution >= 0.6 is 11.6 Å². The second kappa shape index (κ2) is 5.54. The molecule has 0 aliphatic rings. The van der Waals surface area contributed by atoms with Gasteiger partial charge < -0.3 is 11.1 Å². The fourth-order valence-electron chi connectivity index (χ4n) is 1.37. The maximum Gasteiger partial charge on any atom is 0.294 e. The second-order valence-electron chi connectivity index (χ2n) is 5.25. The van der Waals surface area contributed by atoms with Crippen molar-refractivity contribution in [3.8, 4) is 0 Å². The maximum absolute atomic E-state index is 11.9. The lowest BCUT2D eigenvalue weighted by atomic mass is 9.87. The number of amides is 1. The number of halogens is 1. The molecule has 0 saturated heterocycles. The van der Waals surface area contributed by atoms with E-state index in [1.807, 2.05) is 20.8 Å². The fourth-order valence-corrected chi connectivity index (χ4v) is 1.53. The Balaban J connectivity index is 3.00. The van der Waals surface area contributed by atoms with Crippen LogP contribution in [0.5, 0.6) is 0 Å². The second-order valence-corrected chi connectivity index (χ2v) is 5.69. The van der Waals surface area contributed by atoms with Crippen LogP contribution in [0.25, 0.3) is 0 Å². The van der Waals surface area contributed by atoms with Gasteiger partial charge in [-0.25, -0.2) is 0 Å². The van der Waals surface area contributed by atoms with Gasteiger partial charge in [-0.05, 0) is 17.5 Å². The van der Waals surface area contributed by atoms with Crippen molar-refractivity contribution in [2.45, 2.75) is 26.8 Å². The average molecular weight is 286 g/mol. The van der Waals surface area contributed by atoms with Crippen molar-refractivity contribution in [2.75, 3.05) is 5.32 Å². The first-order chi connectivity index (χ1) is 8.62. The number of rotatable bonds is 3. The molecule has 104 valence electrons. The summed E-state index contributed by atoms with van der Waals surface area (Å²) in [5, 5.41) is 13.6. The van der Waals surface area contributed by atoms with Crippen LogP contribution in [0.15, 0.2) is 18.2 Å². The van der Waals surface area contributed by atoms with Crippen molar-refractivity contribution in [3.63, 3.8) is 0 Å². The Morgan fingerprint density at radius 1 is 1.47 bits per heavy atom. The van der Waals surface area contributed by atoms with Gasteiger partial charge >= 0.3 is 0 Å². The molecule has 1 atom stereocenters. The van der Waals surface area contributed by atoms with E-state index in [9.17, 15) is 14.9 Å². The third kappa shape index (κ3) is 3.90. The highest BCUT2D eigenvalue weighted by molar-refractivity contribution is 6.31. The molecule has 0 spiro atoms. The summed E-state index contributed by atoms with van der Waals surface area (Å²) in [5.41, 5.74) is 5.17. The highest BCUT2D eigenvalue weighted by atomic mass is 35.5. The molecule has 0 saturated carbocycles. The molecule has 1 aromatic rings. The van der Waals surface area contributed by atoms with Crippen molar-refractivity contribution in [1.29, 1.82) is 0 Å².